The first kappa shape index (κ1) is 11.5. The van der Waals surface area contributed by atoms with Crippen LogP contribution in [0, 0.1) is 6.92 Å². The van der Waals surface area contributed by atoms with Crippen LogP contribution in [0.15, 0.2) is 28.4 Å². The van der Waals surface area contributed by atoms with Gasteiger partial charge in [-0.15, -0.1) is 0 Å². The number of aryl methyl sites for hydroxylation is 1. The zero-order chi connectivity index (χ0) is 11.4. The van der Waals surface area contributed by atoms with Crippen molar-refractivity contribution in [1.29, 1.82) is 0 Å². The molecular formula is C14H21NO. The lowest BCUT2D eigenvalue weighted by atomic mass is 9.92. The molecule has 0 bridgehead atoms. The van der Waals surface area contributed by atoms with Crippen molar-refractivity contribution >= 4 is 0 Å². The van der Waals surface area contributed by atoms with Crippen molar-refractivity contribution in [3.05, 3.63) is 35.3 Å². The minimum Gasteiger partial charge on any atom is -0.469 e. The van der Waals surface area contributed by atoms with Gasteiger partial charge in [0.05, 0.1) is 12.3 Å². The third-order valence-electron chi connectivity index (χ3n) is 3.34. The lowest BCUT2D eigenvalue weighted by Gasteiger charge is -2.17. The van der Waals surface area contributed by atoms with Gasteiger partial charge in [0.25, 0.3) is 0 Å². The molecule has 2 rings (SSSR count). The molecule has 0 saturated heterocycles. The highest BCUT2D eigenvalue weighted by atomic mass is 16.3. The molecule has 1 unspecified atom stereocenters. The maximum atomic E-state index is 6.28. The summed E-state index contributed by atoms with van der Waals surface area (Å²) in [6.07, 6.45) is 11.7. The summed E-state index contributed by atoms with van der Waals surface area (Å²) >= 11 is 0. The second-order valence-corrected chi connectivity index (χ2v) is 4.70. The van der Waals surface area contributed by atoms with Crippen LogP contribution in [0.2, 0.25) is 0 Å². The molecule has 0 aromatic carbocycles. The van der Waals surface area contributed by atoms with Crippen molar-refractivity contribution in [3.8, 4) is 0 Å². The molecule has 0 saturated carbocycles. The fourth-order valence-electron chi connectivity index (χ4n) is 2.34. The first-order chi connectivity index (χ1) is 7.77. The van der Waals surface area contributed by atoms with Crippen LogP contribution in [0.4, 0.5) is 0 Å². The third-order valence-corrected chi connectivity index (χ3v) is 3.34. The highest BCUT2D eigenvalue weighted by molar-refractivity contribution is 5.26. The van der Waals surface area contributed by atoms with Crippen molar-refractivity contribution in [3.63, 3.8) is 0 Å². The summed E-state index contributed by atoms with van der Waals surface area (Å²) in [6.45, 7) is 1.96. The molecule has 2 heteroatoms. The van der Waals surface area contributed by atoms with Crippen LogP contribution in [-0.2, 0) is 0 Å². The average molecular weight is 219 g/mol. The van der Waals surface area contributed by atoms with Crippen LogP contribution in [-0.4, -0.2) is 0 Å². The monoisotopic (exact) mass is 219 g/mol. The Bertz CT molecular complexity index is 365. The van der Waals surface area contributed by atoms with Crippen molar-refractivity contribution in [2.75, 3.05) is 0 Å². The van der Waals surface area contributed by atoms with Gasteiger partial charge in [0, 0.05) is 5.56 Å². The summed E-state index contributed by atoms with van der Waals surface area (Å²) in [6, 6.07) is 2.08. The highest BCUT2D eigenvalue weighted by Gasteiger charge is 2.14. The van der Waals surface area contributed by atoms with E-state index in [1.54, 1.807) is 6.26 Å². The quantitative estimate of drug-likeness (QED) is 0.767. The van der Waals surface area contributed by atoms with Gasteiger partial charge >= 0.3 is 0 Å². The topological polar surface area (TPSA) is 39.2 Å². The molecule has 0 spiro atoms. The van der Waals surface area contributed by atoms with Gasteiger partial charge in [-0.3, -0.25) is 0 Å². The molecule has 1 aromatic heterocycles. The van der Waals surface area contributed by atoms with E-state index in [-0.39, 0.29) is 6.04 Å². The van der Waals surface area contributed by atoms with Gasteiger partial charge in [0.15, 0.2) is 0 Å². The van der Waals surface area contributed by atoms with Crippen LogP contribution in [0.5, 0.6) is 0 Å². The van der Waals surface area contributed by atoms with Gasteiger partial charge in [-0.1, -0.05) is 24.5 Å². The summed E-state index contributed by atoms with van der Waals surface area (Å²) in [5.41, 5.74) is 8.78. The molecule has 1 aliphatic carbocycles. The highest BCUT2D eigenvalue weighted by Crippen LogP contribution is 2.27. The predicted molar refractivity (Wildman–Crippen MR) is 66.2 cm³/mol. The molecule has 0 aliphatic heterocycles. The zero-order valence-electron chi connectivity index (χ0n) is 10.0. The molecular weight excluding hydrogens is 198 g/mol. The zero-order valence-corrected chi connectivity index (χ0v) is 10.0. The van der Waals surface area contributed by atoms with Crippen molar-refractivity contribution in [1.82, 2.24) is 0 Å². The van der Waals surface area contributed by atoms with E-state index in [4.69, 9.17) is 10.2 Å². The largest absolute Gasteiger partial charge is 0.469 e. The fraction of sp³-hybridized carbons (Fsp3) is 0.571. The lowest BCUT2D eigenvalue weighted by Crippen LogP contribution is -2.13. The Morgan fingerprint density at radius 2 is 2.06 bits per heavy atom. The number of hydrogen-bond acceptors (Lipinski definition) is 2. The summed E-state index contributed by atoms with van der Waals surface area (Å²) in [5.74, 6) is 0.942. The molecule has 16 heavy (non-hydrogen) atoms. The van der Waals surface area contributed by atoms with Gasteiger partial charge in [-0.25, -0.2) is 0 Å². The number of nitrogens with two attached hydrogens (primary N) is 1. The van der Waals surface area contributed by atoms with Gasteiger partial charge < -0.3 is 10.2 Å². The Morgan fingerprint density at radius 3 is 2.81 bits per heavy atom. The van der Waals surface area contributed by atoms with Crippen molar-refractivity contribution < 1.29 is 4.42 Å². The predicted octanol–water partition coefficient (Wildman–Crippen LogP) is 3.87. The Labute approximate surface area is 97.5 Å². The van der Waals surface area contributed by atoms with Crippen molar-refractivity contribution in [2.45, 2.75) is 51.5 Å². The van der Waals surface area contributed by atoms with Gasteiger partial charge in [0.2, 0.25) is 0 Å². The molecule has 2 N–H and O–H groups in total. The number of furan rings is 1. The van der Waals surface area contributed by atoms with Gasteiger partial charge in [-0.05, 0) is 38.7 Å². The molecule has 88 valence electrons. The third kappa shape index (κ3) is 2.76. The van der Waals surface area contributed by atoms with Crippen LogP contribution in [0.1, 0.15) is 55.9 Å². The number of allylic oxidation sites excluding steroid dienone is 1. The van der Waals surface area contributed by atoms with E-state index in [0.717, 1.165) is 17.7 Å². The summed E-state index contributed by atoms with van der Waals surface area (Å²) in [5, 5.41) is 0. The maximum Gasteiger partial charge on any atom is 0.101 e. The first-order valence-electron chi connectivity index (χ1n) is 6.27. The lowest BCUT2D eigenvalue weighted by molar-refractivity contribution is 0.529. The summed E-state index contributed by atoms with van der Waals surface area (Å²) in [4.78, 5) is 0. The normalized spacial score (nSPS) is 19.8. The van der Waals surface area contributed by atoms with Crippen LogP contribution < -0.4 is 5.73 Å². The average Bonchev–Trinajstić information content (AvgIpc) is 2.63. The van der Waals surface area contributed by atoms with Crippen LogP contribution in [0.25, 0.3) is 0 Å². The Kier molecular flexibility index (Phi) is 3.83. The van der Waals surface area contributed by atoms with E-state index in [9.17, 15) is 0 Å². The van der Waals surface area contributed by atoms with E-state index in [0.29, 0.717) is 0 Å². The van der Waals surface area contributed by atoms with E-state index < -0.39 is 0 Å². The van der Waals surface area contributed by atoms with Gasteiger partial charge in [0.1, 0.15) is 5.76 Å². The SMILES string of the molecule is Cc1cc(C(N)C2=CCCCCCC2)co1. The number of rotatable bonds is 2. The second-order valence-electron chi connectivity index (χ2n) is 4.70. The summed E-state index contributed by atoms with van der Waals surface area (Å²) in [7, 11) is 0. The molecule has 1 heterocycles. The molecule has 1 atom stereocenters. The van der Waals surface area contributed by atoms with E-state index in [1.165, 1.54) is 37.7 Å². The maximum absolute atomic E-state index is 6.28. The second kappa shape index (κ2) is 5.35. The molecule has 0 amide bonds. The molecule has 2 nitrogen and oxygen atoms in total. The van der Waals surface area contributed by atoms with Crippen LogP contribution in [0.3, 0.4) is 0 Å². The molecule has 0 fully saturated rings. The minimum atomic E-state index is 0.0375. The van der Waals surface area contributed by atoms with Crippen LogP contribution >= 0.6 is 0 Å². The fourth-order valence-corrected chi connectivity index (χ4v) is 2.34. The van der Waals surface area contributed by atoms with E-state index >= 15 is 0 Å². The van der Waals surface area contributed by atoms with Crippen molar-refractivity contribution in [2.24, 2.45) is 5.73 Å². The standard InChI is InChI=1S/C14H21NO/c1-11-9-13(10-16-11)14(15)12-7-5-3-2-4-6-8-12/h7,9-10,14H,2-6,8,15H2,1H3. The Morgan fingerprint density at radius 1 is 1.25 bits per heavy atom. The minimum absolute atomic E-state index is 0.0375. The smallest absolute Gasteiger partial charge is 0.101 e. The Hall–Kier alpha value is -1.02. The first-order valence-corrected chi connectivity index (χ1v) is 6.27. The van der Waals surface area contributed by atoms with E-state index in [2.05, 4.69) is 6.08 Å². The molecule has 1 aliphatic rings. The van der Waals surface area contributed by atoms with Gasteiger partial charge in [-0.2, -0.15) is 0 Å². The summed E-state index contributed by atoms with van der Waals surface area (Å²) < 4.78 is 5.33. The molecule has 0 radical (unpaired) electrons. The number of hydrogen-bond donors (Lipinski definition) is 1. The van der Waals surface area contributed by atoms with E-state index in [1.807, 2.05) is 13.0 Å². The molecule has 1 aromatic rings. The Balaban J connectivity index is 2.09.